The number of benzene rings is 1. The molecule has 0 amide bonds. The van der Waals surface area contributed by atoms with Crippen molar-refractivity contribution in [2.45, 2.75) is 20.0 Å². The SMILES string of the molecule is CCCNCCOCc1ccc(OC)c(OC)c1. The third kappa shape index (κ3) is 4.94. The summed E-state index contributed by atoms with van der Waals surface area (Å²) in [7, 11) is 3.27. The fourth-order valence-corrected chi connectivity index (χ4v) is 1.61. The van der Waals surface area contributed by atoms with Crippen LogP contribution in [0.2, 0.25) is 0 Å². The Labute approximate surface area is 109 Å². The first kappa shape index (κ1) is 14.8. The Morgan fingerprint density at radius 3 is 2.50 bits per heavy atom. The lowest BCUT2D eigenvalue weighted by atomic mass is 10.2. The van der Waals surface area contributed by atoms with Crippen LogP contribution < -0.4 is 14.8 Å². The first-order valence-electron chi connectivity index (χ1n) is 6.31. The van der Waals surface area contributed by atoms with Crippen molar-refractivity contribution in [1.82, 2.24) is 5.32 Å². The summed E-state index contributed by atoms with van der Waals surface area (Å²) < 4.78 is 16.0. The molecule has 1 aromatic rings. The van der Waals surface area contributed by atoms with E-state index >= 15 is 0 Å². The lowest BCUT2D eigenvalue weighted by Gasteiger charge is -2.10. The summed E-state index contributed by atoms with van der Waals surface area (Å²) in [6, 6.07) is 5.83. The minimum Gasteiger partial charge on any atom is -0.493 e. The van der Waals surface area contributed by atoms with E-state index in [1.807, 2.05) is 18.2 Å². The first-order chi connectivity index (χ1) is 8.81. The van der Waals surface area contributed by atoms with Crippen molar-refractivity contribution in [2.24, 2.45) is 0 Å². The number of rotatable bonds is 9. The normalized spacial score (nSPS) is 10.4. The van der Waals surface area contributed by atoms with Gasteiger partial charge in [0.25, 0.3) is 0 Å². The molecule has 0 aliphatic rings. The average Bonchev–Trinajstić information content (AvgIpc) is 2.42. The Morgan fingerprint density at radius 1 is 1.06 bits per heavy atom. The summed E-state index contributed by atoms with van der Waals surface area (Å²) >= 11 is 0. The van der Waals surface area contributed by atoms with E-state index in [1.54, 1.807) is 14.2 Å². The zero-order valence-electron chi connectivity index (χ0n) is 11.5. The van der Waals surface area contributed by atoms with Gasteiger partial charge < -0.3 is 19.5 Å². The molecule has 0 saturated carbocycles. The van der Waals surface area contributed by atoms with Gasteiger partial charge in [0.15, 0.2) is 11.5 Å². The molecule has 0 atom stereocenters. The minimum atomic E-state index is 0.591. The van der Waals surface area contributed by atoms with E-state index in [4.69, 9.17) is 14.2 Å². The van der Waals surface area contributed by atoms with Crippen LogP contribution in [0.25, 0.3) is 0 Å². The van der Waals surface area contributed by atoms with Crippen molar-refractivity contribution >= 4 is 0 Å². The fraction of sp³-hybridized carbons (Fsp3) is 0.571. The van der Waals surface area contributed by atoms with Gasteiger partial charge in [-0.1, -0.05) is 13.0 Å². The van der Waals surface area contributed by atoms with Crippen molar-refractivity contribution in [3.8, 4) is 11.5 Å². The molecular formula is C14H23NO3. The molecule has 0 aliphatic heterocycles. The van der Waals surface area contributed by atoms with Gasteiger partial charge in [0.1, 0.15) is 0 Å². The van der Waals surface area contributed by atoms with Crippen LogP contribution in [0.15, 0.2) is 18.2 Å². The molecule has 0 aliphatic carbocycles. The standard InChI is InChI=1S/C14H23NO3/c1-4-7-15-8-9-18-11-12-5-6-13(16-2)14(10-12)17-3/h5-6,10,15H,4,7-9,11H2,1-3H3. The van der Waals surface area contributed by atoms with Crippen molar-refractivity contribution in [1.29, 1.82) is 0 Å². The van der Waals surface area contributed by atoms with Gasteiger partial charge in [-0.2, -0.15) is 0 Å². The molecule has 1 aromatic carbocycles. The lowest BCUT2D eigenvalue weighted by molar-refractivity contribution is 0.122. The number of hydrogen-bond donors (Lipinski definition) is 1. The van der Waals surface area contributed by atoms with Gasteiger partial charge in [0, 0.05) is 6.54 Å². The van der Waals surface area contributed by atoms with Crippen molar-refractivity contribution in [3.63, 3.8) is 0 Å². The smallest absolute Gasteiger partial charge is 0.161 e. The van der Waals surface area contributed by atoms with Crippen LogP contribution in [0, 0.1) is 0 Å². The number of nitrogens with one attached hydrogen (secondary N) is 1. The Morgan fingerprint density at radius 2 is 1.83 bits per heavy atom. The van der Waals surface area contributed by atoms with Crippen LogP contribution in [0.1, 0.15) is 18.9 Å². The largest absolute Gasteiger partial charge is 0.493 e. The van der Waals surface area contributed by atoms with E-state index < -0.39 is 0 Å². The molecule has 102 valence electrons. The van der Waals surface area contributed by atoms with E-state index in [2.05, 4.69) is 12.2 Å². The van der Waals surface area contributed by atoms with E-state index in [0.717, 1.165) is 36.6 Å². The van der Waals surface area contributed by atoms with Gasteiger partial charge in [-0.25, -0.2) is 0 Å². The quantitative estimate of drug-likeness (QED) is 0.685. The summed E-state index contributed by atoms with van der Waals surface area (Å²) in [5.74, 6) is 1.48. The molecule has 0 radical (unpaired) electrons. The molecule has 4 nitrogen and oxygen atoms in total. The summed E-state index contributed by atoms with van der Waals surface area (Å²) in [5, 5.41) is 3.29. The Bertz CT molecular complexity index is 342. The zero-order valence-corrected chi connectivity index (χ0v) is 11.5. The third-order valence-corrected chi connectivity index (χ3v) is 2.57. The minimum absolute atomic E-state index is 0.591. The summed E-state index contributed by atoms with van der Waals surface area (Å²) in [4.78, 5) is 0. The molecule has 0 saturated heterocycles. The van der Waals surface area contributed by atoms with Gasteiger partial charge in [0.05, 0.1) is 27.4 Å². The van der Waals surface area contributed by atoms with Crippen molar-refractivity contribution in [2.75, 3.05) is 33.9 Å². The van der Waals surface area contributed by atoms with E-state index in [-0.39, 0.29) is 0 Å². The van der Waals surface area contributed by atoms with E-state index in [9.17, 15) is 0 Å². The molecule has 0 heterocycles. The maximum atomic E-state index is 5.58. The maximum Gasteiger partial charge on any atom is 0.161 e. The van der Waals surface area contributed by atoms with Gasteiger partial charge in [-0.15, -0.1) is 0 Å². The fourth-order valence-electron chi connectivity index (χ4n) is 1.61. The topological polar surface area (TPSA) is 39.7 Å². The second kappa shape index (κ2) is 8.78. The number of ether oxygens (including phenoxy) is 3. The molecular weight excluding hydrogens is 230 g/mol. The van der Waals surface area contributed by atoms with Crippen LogP contribution in [0.3, 0.4) is 0 Å². The second-order valence-electron chi connectivity index (χ2n) is 3.99. The molecule has 0 aromatic heterocycles. The lowest BCUT2D eigenvalue weighted by Crippen LogP contribution is -2.20. The van der Waals surface area contributed by atoms with E-state index in [1.165, 1.54) is 0 Å². The molecule has 4 heteroatoms. The summed E-state index contributed by atoms with van der Waals surface area (Å²) in [6.45, 7) is 5.39. The van der Waals surface area contributed by atoms with E-state index in [0.29, 0.717) is 13.2 Å². The van der Waals surface area contributed by atoms with Crippen molar-refractivity contribution in [3.05, 3.63) is 23.8 Å². The summed E-state index contributed by atoms with van der Waals surface area (Å²) in [5.41, 5.74) is 1.09. The average molecular weight is 253 g/mol. The van der Waals surface area contributed by atoms with Gasteiger partial charge in [0.2, 0.25) is 0 Å². The summed E-state index contributed by atoms with van der Waals surface area (Å²) in [6.07, 6.45) is 1.15. The maximum absolute atomic E-state index is 5.58. The van der Waals surface area contributed by atoms with Crippen LogP contribution in [-0.2, 0) is 11.3 Å². The highest BCUT2D eigenvalue weighted by atomic mass is 16.5. The molecule has 1 rings (SSSR count). The molecule has 18 heavy (non-hydrogen) atoms. The molecule has 1 N–H and O–H groups in total. The molecule has 0 spiro atoms. The number of methoxy groups -OCH3 is 2. The van der Waals surface area contributed by atoms with Crippen molar-refractivity contribution < 1.29 is 14.2 Å². The third-order valence-electron chi connectivity index (χ3n) is 2.57. The monoisotopic (exact) mass is 253 g/mol. The predicted octanol–water partition coefficient (Wildman–Crippen LogP) is 2.22. The van der Waals surface area contributed by atoms with Crippen LogP contribution in [0.5, 0.6) is 11.5 Å². The van der Waals surface area contributed by atoms with Crippen LogP contribution in [0.4, 0.5) is 0 Å². The Hall–Kier alpha value is -1.26. The zero-order chi connectivity index (χ0) is 13.2. The van der Waals surface area contributed by atoms with Gasteiger partial charge in [-0.3, -0.25) is 0 Å². The predicted molar refractivity (Wildman–Crippen MR) is 72.4 cm³/mol. The van der Waals surface area contributed by atoms with Crippen LogP contribution in [-0.4, -0.2) is 33.9 Å². The van der Waals surface area contributed by atoms with Crippen LogP contribution >= 0.6 is 0 Å². The highest BCUT2D eigenvalue weighted by Crippen LogP contribution is 2.27. The molecule has 0 bridgehead atoms. The second-order valence-corrected chi connectivity index (χ2v) is 3.99. The highest BCUT2D eigenvalue weighted by Gasteiger charge is 2.04. The number of hydrogen-bond acceptors (Lipinski definition) is 4. The first-order valence-corrected chi connectivity index (χ1v) is 6.31. The Kier molecular flexibility index (Phi) is 7.22. The molecule has 0 fully saturated rings. The van der Waals surface area contributed by atoms with Gasteiger partial charge in [-0.05, 0) is 30.7 Å². The Balaban J connectivity index is 2.34. The highest BCUT2D eigenvalue weighted by molar-refractivity contribution is 5.42. The van der Waals surface area contributed by atoms with Gasteiger partial charge >= 0.3 is 0 Å². The molecule has 0 unspecified atom stereocenters.